The molecule has 1 unspecified atom stereocenters. The third-order valence-electron chi connectivity index (χ3n) is 2.81. The van der Waals surface area contributed by atoms with Crippen LogP contribution in [0.15, 0.2) is 35.4 Å². The summed E-state index contributed by atoms with van der Waals surface area (Å²) in [6.07, 6.45) is 1.77. The van der Waals surface area contributed by atoms with Gasteiger partial charge in [-0.3, -0.25) is 4.68 Å². The number of benzene rings is 1. The van der Waals surface area contributed by atoms with E-state index in [-0.39, 0.29) is 5.82 Å². The van der Waals surface area contributed by atoms with Crippen molar-refractivity contribution in [1.29, 1.82) is 0 Å². The van der Waals surface area contributed by atoms with E-state index >= 15 is 0 Å². The fourth-order valence-electron chi connectivity index (χ4n) is 1.88. The average molecular weight is 315 g/mol. The van der Waals surface area contributed by atoms with Gasteiger partial charge in [0.25, 0.3) is 0 Å². The van der Waals surface area contributed by atoms with Crippen molar-refractivity contribution in [3.63, 3.8) is 0 Å². The largest absolute Gasteiger partial charge is 0.386 e. The third kappa shape index (κ3) is 3.75. The van der Waals surface area contributed by atoms with E-state index in [0.717, 1.165) is 17.9 Å². The Kier molecular flexibility index (Phi) is 5.46. The van der Waals surface area contributed by atoms with Crippen molar-refractivity contribution >= 4 is 23.4 Å². The Balaban J connectivity index is 2.02. The van der Waals surface area contributed by atoms with Crippen LogP contribution in [0.4, 0.5) is 4.39 Å². The number of aliphatic hydroxyl groups is 1. The number of aliphatic hydroxyl groups excluding tert-OH is 1. The number of hydrogen-bond donors (Lipinski definition) is 1. The van der Waals surface area contributed by atoms with Crippen LogP contribution >= 0.6 is 23.4 Å². The molecule has 0 bridgehead atoms. The number of thioether (sulfide) groups is 1. The van der Waals surface area contributed by atoms with Crippen LogP contribution in [0, 0.1) is 5.82 Å². The van der Waals surface area contributed by atoms with E-state index in [2.05, 4.69) is 5.10 Å². The maximum atomic E-state index is 12.8. The molecule has 0 aliphatic carbocycles. The van der Waals surface area contributed by atoms with E-state index in [1.807, 2.05) is 6.92 Å². The van der Waals surface area contributed by atoms with Gasteiger partial charge in [-0.2, -0.15) is 5.10 Å². The zero-order valence-corrected chi connectivity index (χ0v) is 12.7. The molecule has 6 heteroatoms. The monoisotopic (exact) mass is 314 g/mol. The van der Waals surface area contributed by atoms with Crippen LogP contribution in [0.25, 0.3) is 0 Å². The smallest absolute Gasteiger partial charge is 0.123 e. The molecule has 20 heavy (non-hydrogen) atoms. The second-order valence-electron chi connectivity index (χ2n) is 4.38. The van der Waals surface area contributed by atoms with Crippen LogP contribution in [0.1, 0.15) is 25.1 Å². The molecule has 0 saturated carbocycles. The number of nitrogens with zero attached hydrogens (tertiary/aromatic N) is 2. The highest BCUT2D eigenvalue weighted by Gasteiger charge is 2.18. The summed E-state index contributed by atoms with van der Waals surface area (Å²) < 4.78 is 14.5. The number of halogens is 2. The lowest BCUT2D eigenvalue weighted by molar-refractivity contribution is 0.191. The predicted octanol–water partition coefficient (Wildman–Crippen LogP) is 3.91. The van der Waals surface area contributed by atoms with E-state index in [0.29, 0.717) is 16.5 Å². The maximum Gasteiger partial charge on any atom is 0.123 e. The van der Waals surface area contributed by atoms with E-state index in [9.17, 15) is 9.50 Å². The Morgan fingerprint density at radius 3 is 2.75 bits per heavy atom. The van der Waals surface area contributed by atoms with E-state index in [1.54, 1.807) is 23.0 Å². The van der Waals surface area contributed by atoms with E-state index in [1.165, 1.54) is 23.9 Å². The highest BCUT2D eigenvalue weighted by Crippen LogP contribution is 2.29. The maximum absolute atomic E-state index is 12.8. The second kappa shape index (κ2) is 7.11. The van der Waals surface area contributed by atoms with Crippen molar-refractivity contribution in [1.82, 2.24) is 9.78 Å². The average Bonchev–Trinajstić information content (AvgIpc) is 2.79. The third-order valence-corrected chi connectivity index (χ3v) is 4.18. The summed E-state index contributed by atoms with van der Waals surface area (Å²) >= 11 is 7.53. The van der Waals surface area contributed by atoms with Crippen LogP contribution in [0.3, 0.4) is 0 Å². The molecular weight excluding hydrogens is 299 g/mol. The SMILES string of the molecule is CCCn1ncc(Cl)c1C(O)CSc1ccc(F)cc1. The summed E-state index contributed by atoms with van der Waals surface area (Å²) in [4.78, 5) is 0.906. The van der Waals surface area contributed by atoms with Gasteiger partial charge in [0.15, 0.2) is 0 Å². The van der Waals surface area contributed by atoms with Crippen LogP contribution in [0.2, 0.25) is 5.02 Å². The molecule has 2 aromatic rings. The summed E-state index contributed by atoms with van der Waals surface area (Å²) in [5, 5.41) is 14.9. The molecular formula is C14H16ClFN2OS. The van der Waals surface area contributed by atoms with Crippen molar-refractivity contribution in [2.75, 3.05) is 5.75 Å². The van der Waals surface area contributed by atoms with Crippen LogP contribution in [-0.4, -0.2) is 20.6 Å². The Hall–Kier alpha value is -1.04. The number of hydrogen-bond acceptors (Lipinski definition) is 3. The van der Waals surface area contributed by atoms with Crippen molar-refractivity contribution in [2.45, 2.75) is 30.9 Å². The molecule has 0 aliphatic heterocycles. The molecule has 1 aromatic carbocycles. The first-order valence-electron chi connectivity index (χ1n) is 6.39. The lowest BCUT2D eigenvalue weighted by atomic mass is 10.3. The van der Waals surface area contributed by atoms with E-state index in [4.69, 9.17) is 11.6 Å². The molecule has 0 amide bonds. The van der Waals surface area contributed by atoms with Crippen molar-refractivity contribution in [3.8, 4) is 0 Å². The molecule has 108 valence electrons. The highest BCUT2D eigenvalue weighted by molar-refractivity contribution is 7.99. The van der Waals surface area contributed by atoms with Crippen LogP contribution < -0.4 is 0 Å². The number of aromatic nitrogens is 2. The Labute approximate surface area is 126 Å². The van der Waals surface area contributed by atoms with Gasteiger partial charge in [-0.15, -0.1) is 11.8 Å². The molecule has 0 spiro atoms. The van der Waals surface area contributed by atoms with Crippen LogP contribution in [-0.2, 0) is 6.54 Å². The molecule has 1 atom stereocenters. The molecule has 2 rings (SSSR count). The summed E-state index contributed by atoms with van der Waals surface area (Å²) in [6, 6.07) is 6.20. The summed E-state index contributed by atoms with van der Waals surface area (Å²) in [5.74, 6) is 0.180. The van der Waals surface area contributed by atoms with Gasteiger partial charge >= 0.3 is 0 Å². The van der Waals surface area contributed by atoms with Gasteiger partial charge in [0.05, 0.1) is 16.9 Å². The molecule has 1 heterocycles. The molecule has 1 N–H and O–H groups in total. The normalized spacial score (nSPS) is 12.6. The first-order chi connectivity index (χ1) is 9.61. The van der Waals surface area contributed by atoms with Gasteiger partial charge in [0.1, 0.15) is 11.9 Å². The van der Waals surface area contributed by atoms with Gasteiger partial charge in [-0.05, 0) is 30.7 Å². The van der Waals surface area contributed by atoms with Gasteiger partial charge in [0.2, 0.25) is 0 Å². The van der Waals surface area contributed by atoms with Gasteiger partial charge in [-0.25, -0.2) is 4.39 Å². The van der Waals surface area contributed by atoms with Gasteiger partial charge in [0, 0.05) is 17.2 Å². The zero-order chi connectivity index (χ0) is 14.5. The van der Waals surface area contributed by atoms with Crippen molar-refractivity contribution in [2.24, 2.45) is 0 Å². The van der Waals surface area contributed by atoms with Crippen molar-refractivity contribution < 1.29 is 9.50 Å². The topological polar surface area (TPSA) is 38.0 Å². The fourth-order valence-corrected chi connectivity index (χ4v) is 2.98. The molecule has 0 radical (unpaired) electrons. The highest BCUT2D eigenvalue weighted by atomic mass is 35.5. The quantitative estimate of drug-likeness (QED) is 0.821. The Morgan fingerprint density at radius 1 is 1.40 bits per heavy atom. The fraction of sp³-hybridized carbons (Fsp3) is 0.357. The Morgan fingerprint density at radius 2 is 2.10 bits per heavy atom. The molecule has 0 aliphatic rings. The second-order valence-corrected chi connectivity index (χ2v) is 5.88. The molecule has 1 aromatic heterocycles. The minimum atomic E-state index is -0.702. The summed E-state index contributed by atoms with van der Waals surface area (Å²) in [6.45, 7) is 2.76. The molecule has 0 fully saturated rings. The van der Waals surface area contributed by atoms with Crippen LogP contribution in [0.5, 0.6) is 0 Å². The minimum absolute atomic E-state index is 0.265. The molecule has 3 nitrogen and oxygen atoms in total. The lowest BCUT2D eigenvalue weighted by Crippen LogP contribution is -2.11. The van der Waals surface area contributed by atoms with Crippen molar-refractivity contribution in [3.05, 3.63) is 47.0 Å². The minimum Gasteiger partial charge on any atom is -0.386 e. The zero-order valence-electron chi connectivity index (χ0n) is 11.1. The Bertz CT molecular complexity index is 559. The summed E-state index contributed by atoms with van der Waals surface area (Å²) in [7, 11) is 0. The van der Waals surface area contributed by atoms with Gasteiger partial charge < -0.3 is 5.11 Å². The van der Waals surface area contributed by atoms with E-state index < -0.39 is 6.10 Å². The number of rotatable bonds is 6. The standard InChI is InChI=1S/C14H16ClFN2OS/c1-2-7-18-14(12(15)8-17-18)13(19)9-20-11-5-3-10(16)4-6-11/h3-6,8,13,19H,2,7,9H2,1H3. The predicted molar refractivity (Wildman–Crippen MR) is 79.6 cm³/mol. The first-order valence-corrected chi connectivity index (χ1v) is 7.75. The lowest BCUT2D eigenvalue weighted by Gasteiger charge is -2.13. The molecule has 0 saturated heterocycles. The first kappa shape index (κ1) is 15.4. The number of aryl methyl sites for hydroxylation is 1. The van der Waals surface area contributed by atoms with Gasteiger partial charge in [-0.1, -0.05) is 18.5 Å². The summed E-state index contributed by atoms with van der Waals surface area (Å²) in [5.41, 5.74) is 0.642.